The lowest BCUT2D eigenvalue weighted by Gasteiger charge is -2.10. The van der Waals surface area contributed by atoms with Crippen LogP contribution in [0.4, 0.5) is 0 Å². The van der Waals surface area contributed by atoms with Gasteiger partial charge in [-0.1, -0.05) is 11.6 Å². The van der Waals surface area contributed by atoms with E-state index in [1.165, 1.54) is 0 Å². The molecule has 0 aromatic carbocycles. The maximum absolute atomic E-state index is 5.98. The number of methoxy groups -OCH3 is 1. The standard InChI is InChI=1S/C11H13ClN4O/c1-7(17-3)11-14-8(6-10(12)15-11)9-4-5-13-16(9)2/h4-7H,1-3H3/t7-/m0/s1. The number of hydrogen-bond donors (Lipinski definition) is 0. The Kier molecular flexibility index (Phi) is 3.40. The van der Waals surface area contributed by atoms with E-state index in [0.29, 0.717) is 11.0 Å². The summed E-state index contributed by atoms with van der Waals surface area (Å²) in [5, 5.41) is 4.50. The Hall–Kier alpha value is -1.46. The summed E-state index contributed by atoms with van der Waals surface area (Å²) in [4.78, 5) is 8.57. The predicted molar refractivity (Wildman–Crippen MR) is 64.7 cm³/mol. The van der Waals surface area contributed by atoms with Gasteiger partial charge in [-0.05, 0) is 13.0 Å². The van der Waals surface area contributed by atoms with Gasteiger partial charge in [0.2, 0.25) is 0 Å². The second kappa shape index (κ2) is 4.81. The molecule has 17 heavy (non-hydrogen) atoms. The van der Waals surface area contributed by atoms with E-state index in [4.69, 9.17) is 16.3 Å². The van der Waals surface area contributed by atoms with Crippen molar-refractivity contribution in [2.45, 2.75) is 13.0 Å². The molecule has 0 aliphatic heterocycles. The normalized spacial score (nSPS) is 12.7. The van der Waals surface area contributed by atoms with E-state index in [1.54, 1.807) is 24.1 Å². The van der Waals surface area contributed by atoms with Gasteiger partial charge >= 0.3 is 0 Å². The maximum atomic E-state index is 5.98. The Morgan fingerprint density at radius 1 is 1.41 bits per heavy atom. The summed E-state index contributed by atoms with van der Waals surface area (Å²) in [6.45, 7) is 1.87. The molecule has 0 bridgehead atoms. The minimum Gasteiger partial charge on any atom is -0.374 e. The fourth-order valence-electron chi connectivity index (χ4n) is 1.48. The molecule has 2 heterocycles. The number of aromatic nitrogens is 4. The van der Waals surface area contributed by atoms with Crippen LogP contribution in [0.3, 0.4) is 0 Å². The SMILES string of the molecule is CO[C@@H](C)c1nc(Cl)cc(-c2ccnn2C)n1. The molecule has 0 saturated heterocycles. The first-order valence-corrected chi connectivity index (χ1v) is 5.55. The van der Waals surface area contributed by atoms with Gasteiger partial charge in [-0.25, -0.2) is 9.97 Å². The van der Waals surface area contributed by atoms with Crippen LogP contribution in [0.15, 0.2) is 18.3 Å². The van der Waals surface area contributed by atoms with Crippen LogP contribution in [0, 0.1) is 0 Å². The first-order chi connectivity index (χ1) is 8.11. The van der Waals surface area contributed by atoms with Gasteiger partial charge in [0.1, 0.15) is 11.3 Å². The van der Waals surface area contributed by atoms with Gasteiger partial charge in [-0.3, -0.25) is 4.68 Å². The van der Waals surface area contributed by atoms with Crippen molar-refractivity contribution in [1.29, 1.82) is 0 Å². The van der Waals surface area contributed by atoms with Crippen molar-refractivity contribution in [2.75, 3.05) is 7.11 Å². The van der Waals surface area contributed by atoms with Gasteiger partial charge in [0.05, 0.1) is 11.4 Å². The van der Waals surface area contributed by atoms with Crippen molar-refractivity contribution in [3.8, 4) is 11.4 Å². The summed E-state index contributed by atoms with van der Waals surface area (Å²) in [6.07, 6.45) is 1.52. The molecule has 0 aliphatic rings. The summed E-state index contributed by atoms with van der Waals surface area (Å²) in [7, 11) is 3.46. The Labute approximate surface area is 104 Å². The molecular formula is C11H13ClN4O. The van der Waals surface area contributed by atoms with Crippen LogP contribution >= 0.6 is 11.6 Å². The van der Waals surface area contributed by atoms with Crippen LogP contribution in [0.5, 0.6) is 0 Å². The van der Waals surface area contributed by atoms with E-state index in [-0.39, 0.29) is 6.10 Å². The minimum absolute atomic E-state index is 0.194. The quantitative estimate of drug-likeness (QED) is 0.786. The molecular weight excluding hydrogens is 240 g/mol. The van der Waals surface area contributed by atoms with Gasteiger partial charge in [0.15, 0.2) is 5.82 Å². The maximum Gasteiger partial charge on any atom is 0.159 e. The van der Waals surface area contributed by atoms with E-state index in [0.717, 1.165) is 11.4 Å². The molecule has 1 atom stereocenters. The topological polar surface area (TPSA) is 52.8 Å². The van der Waals surface area contributed by atoms with E-state index >= 15 is 0 Å². The van der Waals surface area contributed by atoms with Gasteiger partial charge < -0.3 is 4.74 Å². The highest BCUT2D eigenvalue weighted by Gasteiger charge is 2.12. The number of aryl methyl sites for hydroxylation is 1. The second-order valence-electron chi connectivity index (χ2n) is 3.65. The average molecular weight is 253 g/mol. The van der Waals surface area contributed by atoms with Crippen molar-refractivity contribution in [3.63, 3.8) is 0 Å². The summed E-state index contributed by atoms with van der Waals surface area (Å²) in [5.74, 6) is 0.566. The fourth-order valence-corrected chi connectivity index (χ4v) is 1.67. The Balaban J connectivity index is 2.49. The zero-order valence-electron chi connectivity index (χ0n) is 9.88. The molecule has 2 aromatic rings. The fraction of sp³-hybridized carbons (Fsp3) is 0.364. The number of ether oxygens (including phenoxy) is 1. The number of nitrogens with zero attached hydrogens (tertiary/aromatic N) is 4. The van der Waals surface area contributed by atoms with Gasteiger partial charge in [-0.15, -0.1) is 0 Å². The second-order valence-corrected chi connectivity index (χ2v) is 4.04. The Bertz CT molecular complexity index is 526. The molecule has 5 nitrogen and oxygen atoms in total. The number of hydrogen-bond acceptors (Lipinski definition) is 4. The molecule has 2 rings (SSSR count). The van der Waals surface area contributed by atoms with Crippen LogP contribution in [0.25, 0.3) is 11.4 Å². The van der Waals surface area contributed by atoms with Crippen molar-refractivity contribution < 1.29 is 4.74 Å². The summed E-state index contributed by atoms with van der Waals surface area (Å²) in [5.41, 5.74) is 1.63. The number of rotatable bonds is 3. The largest absolute Gasteiger partial charge is 0.374 e. The molecule has 0 amide bonds. The molecule has 0 radical (unpaired) electrons. The molecule has 6 heteroatoms. The molecule has 0 aliphatic carbocycles. The molecule has 0 spiro atoms. The average Bonchev–Trinajstić information content (AvgIpc) is 2.73. The van der Waals surface area contributed by atoms with Gasteiger partial charge in [0, 0.05) is 26.4 Å². The van der Waals surface area contributed by atoms with Crippen molar-refractivity contribution in [3.05, 3.63) is 29.3 Å². The zero-order valence-corrected chi connectivity index (χ0v) is 10.6. The van der Waals surface area contributed by atoms with Crippen LogP contribution in [0.2, 0.25) is 5.15 Å². The highest BCUT2D eigenvalue weighted by atomic mass is 35.5. The van der Waals surface area contributed by atoms with Gasteiger partial charge in [-0.2, -0.15) is 5.10 Å². The minimum atomic E-state index is -0.194. The Morgan fingerprint density at radius 3 is 2.76 bits per heavy atom. The van der Waals surface area contributed by atoms with Crippen molar-refractivity contribution in [2.24, 2.45) is 7.05 Å². The smallest absolute Gasteiger partial charge is 0.159 e. The van der Waals surface area contributed by atoms with E-state index in [2.05, 4.69) is 15.1 Å². The first-order valence-electron chi connectivity index (χ1n) is 5.17. The molecule has 2 aromatic heterocycles. The number of halogens is 1. The first kappa shape index (κ1) is 12.0. The predicted octanol–water partition coefficient (Wildman–Crippen LogP) is 2.24. The lowest BCUT2D eigenvalue weighted by molar-refractivity contribution is 0.112. The molecule has 0 saturated carbocycles. The van der Waals surface area contributed by atoms with Gasteiger partial charge in [0.25, 0.3) is 0 Å². The van der Waals surface area contributed by atoms with E-state index in [9.17, 15) is 0 Å². The molecule has 0 fully saturated rings. The third-order valence-electron chi connectivity index (χ3n) is 2.51. The highest BCUT2D eigenvalue weighted by molar-refractivity contribution is 6.29. The monoisotopic (exact) mass is 252 g/mol. The lowest BCUT2D eigenvalue weighted by Crippen LogP contribution is -2.05. The highest BCUT2D eigenvalue weighted by Crippen LogP contribution is 2.22. The summed E-state index contributed by atoms with van der Waals surface area (Å²) < 4.78 is 6.92. The van der Waals surface area contributed by atoms with Crippen molar-refractivity contribution in [1.82, 2.24) is 19.7 Å². The van der Waals surface area contributed by atoms with E-state index in [1.807, 2.05) is 20.0 Å². The van der Waals surface area contributed by atoms with Crippen molar-refractivity contribution >= 4 is 11.6 Å². The lowest BCUT2D eigenvalue weighted by atomic mass is 10.3. The molecule has 0 N–H and O–H groups in total. The van der Waals surface area contributed by atoms with Crippen LogP contribution in [-0.2, 0) is 11.8 Å². The summed E-state index contributed by atoms with van der Waals surface area (Å²) in [6, 6.07) is 3.59. The van der Waals surface area contributed by atoms with E-state index < -0.39 is 0 Å². The zero-order chi connectivity index (χ0) is 12.4. The molecule has 90 valence electrons. The Morgan fingerprint density at radius 2 is 2.18 bits per heavy atom. The third-order valence-corrected chi connectivity index (χ3v) is 2.71. The van der Waals surface area contributed by atoms with Crippen LogP contribution < -0.4 is 0 Å². The third kappa shape index (κ3) is 2.45. The van der Waals surface area contributed by atoms with Crippen LogP contribution in [-0.4, -0.2) is 26.9 Å². The molecule has 0 unspecified atom stereocenters. The van der Waals surface area contributed by atoms with Crippen LogP contribution in [0.1, 0.15) is 18.9 Å². The summed E-state index contributed by atoms with van der Waals surface area (Å²) >= 11 is 5.98.